The van der Waals surface area contributed by atoms with Crippen molar-refractivity contribution in [2.45, 2.75) is 62.9 Å². The van der Waals surface area contributed by atoms with E-state index in [0.717, 1.165) is 57.4 Å². The second-order valence-electron chi connectivity index (χ2n) is 6.95. The van der Waals surface area contributed by atoms with Crippen LogP contribution >= 0.6 is 12.4 Å². The molecule has 23 heavy (non-hydrogen) atoms. The molecule has 0 bridgehead atoms. The van der Waals surface area contributed by atoms with Crippen molar-refractivity contribution in [2.24, 2.45) is 0 Å². The summed E-state index contributed by atoms with van der Waals surface area (Å²) in [4.78, 5) is 0. The van der Waals surface area contributed by atoms with Crippen molar-refractivity contribution < 1.29 is 9.84 Å². The molecule has 3 nitrogen and oxygen atoms in total. The lowest BCUT2D eigenvalue weighted by Gasteiger charge is -2.55. The topological polar surface area (TPSA) is 41.5 Å². The summed E-state index contributed by atoms with van der Waals surface area (Å²) in [5.74, 6) is 0.913. The number of aliphatic hydroxyl groups is 1. The summed E-state index contributed by atoms with van der Waals surface area (Å²) in [6.45, 7) is 4.09. The number of methoxy groups -OCH3 is 1. The Hall–Kier alpha value is -0.770. The van der Waals surface area contributed by atoms with Crippen molar-refractivity contribution in [1.29, 1.82) is 0 Å². The number of aryl methyl sites for hydroxylation is 1. The lowest BCUT2D eigenvalue weighted by atomic mass is 9.53. The Bertz CT molecular complexity index is 536. The van der Waals surface area contributed by atoms with Gasteiger partial charge in [0.1, 0.15) is 5.75 Å². The first-order valence-corrected chi connectivity index (χ1v) is 8.76. The van der Waals surface area contributed by atoms with Crippen molar-refractivity contribution >= 4 is 12.4 Å². The van der Waals surface area contributed by atoms with Gasteiger partial charge in [0.15, 0.2) is 0 Å². The average Bonchev–Trinajstić information content (AvgIpc) is 2.55. The highest BCUT2D eigenvalue weighted by atomic mass is 35.5. The molecule has 4 heteroatoms. The van der Waals surface area contributed by atoms with Crippen molar-refractivity contribution in [2.75, 3.05) is 20.2 Å². The summed E-state index contributed by atoms with van der Waals surface area (Å²) >= 11 is 0. The molecule has 0 spiro atoms. The summed E-state index contributed by atoms with van der Waals surface area (Å²) in [5.41, 5.74) is 2.11. The molecule has 0 aliphatic heterocycles. The number of hydrogen-bond acceptors (Lipinski definition) is 3. The lowest BCUT2D eigenvalue weighted by Crippen LogP contribution is -2.57. The standard InChI is InChI=1S/C19H29NO2.ClH/c1-3-20-13-12-18-9-4-5-10-19(18,21)11-8-15-6-7-16(22-2)14-17(15)18;/h6-7,14,20-21H,3-5,8-13H2,1-2H3;1H. The predicted molar refractivity (Wildman–Crippen MR) is 96.8 cm³/mol. The Balaban J connectivity index is 0.00000192. The molecule has 1 fully saturated rings. The Labute approximate surface area is 146 Å². The van der Waals surface area contributed by atoms with E-state index < -0.39 is 5.60 Å². The van der Waals surface area contributed by atoms with Crippen LogP contribution in [0.15, 0.2) is 18.2 Å². The number of benzene rings is 1. The summed E-state index contributed by atoms with van der Waals surface area (Å²) in [6, 6.07) is 6.46. The fourth-order valence-corrected chi connectivity index (χ4v) is 4.72. The Morgan fingerprint density at radius 3 is 2.74 bits per heavy atom. The molecule has 2 aliphatic rings. The van der Waals surface area contributed by atoms with Gasteiger partial charge in [0.2, 0.25) is 0 Å². The zero-order valence-electron chi connectivity index (χ0n) is 14.4. The second kappa shape index (κ2) is 7.42. The maximum absolute atomic E-state index is 11.5. The Morgan fingerprint density at radius 2 is 2.00 bits per heavy atom. The molecule has 0 amide bonds. The first kappa shape index (κ1) is 18.6. The molecule has 0 aromatic heterocycles. The number of fused-ring (bicyclic) bond motifs is 3. The van der Waals surface area contributed by atoms with Gasteiger partial charge in [0.05, 0.1) is 12.7 Å². The summed E-state index contributed by atoms with van der Waals surface area (Å²) in [5, 5.41) is 14.9. The Morgan fingerprint density at radius 1 is 1.22 bits per heavy atom. The molecular weight excluding hydrogens is 310 g/mol. The van der Waals surface area contributed by atoms with Gasteiger partial charge in [-0.15, -0.1) is 12.4 Å². The van der Waals surface area contributed by atoms with E-state index in [9.17, 15) is 5.11 Å². The predicted octanol–water partition coefficient (Wildman–Crippen LogP) is 3.61. The fourth-order valence-electron chi connectivity index (χ4n) is 4.72. The molecule has 130 valence electrons. The normalized spacial score (nSPS) is 29.2. The number of hydrogen-bond donors (Lipinski definition) is 2. The summed E-state index contributed by atoms with van der Waals surface area (Å²) in [6.07, 6.45) is 7.30. The molecule has 0 saturated heterocycles. The third kappa shape index (κ3) is 3.11. The summed E-state index contributed by atoms with van der Waals surface area (Å²) < 4.78 is 5.47. The molecule has 2 atom stereocenters. The minimum absolute atomic E-state index is 0. The number of halogens is 1. The maximum Gasteiger partial charge on any atom is 0.119 e. The van der Waals surface area contributed by atoms with E-state index in [0.29, 0.717) is 0 Å². The SMILES string of the molecule is CCNCCC12CCCCC1(O)CCc1ccc(OC)cc12.Cl. The van der Waals surface area contributed by atoms with Gasteiger partial charge in [0, 0.05) is 5.41 Å². The molecule has 2 unspecified atom stereocenters. The minimum Gasteiger partial charge on any atom is -0.497 e. The van der Waals surface area contributed by atoms with Gasteiger partial charge in [-0.25, -0.2) is 0 Å². The lowest BCUT2D eigenvalue weighted by molar-refractivity contribution is -0.0868. The maximum atomic E-state index is 11.5. The van der Waals surface area contributed by atoms with Gasteiger partial charge in [-0.2, -0.15) is 0 Å². The van der Waals surface area contributed by atoms with Crippen molar-refractivity contribution in [3.8, 4) is 5.75 Å². The third-order valence-electron chi connectivity index (χ3n) is 5.95. The molecule has 2 aliphatic carbocycles. The number of ether oxygens (including phenoxy) is 1. The smallest absolute Gasteiger partial charge is 0.119 e. The van der Waals surface area contributed by atoms with Gasteiger partial charge in [-0.05, 0) is 68.5 Å². The van der Waals surface area contributed by atoms with Crippen LogP contribution in [-0.4, -0.2) is 30.9 Å². The van der Waals surface area contributed by atoms with Gasteiger partial charge in [-0.1, -0.05) is 25.8 Å². The van der Waals surface area contributed by atoms with E-state index in [2.05, 4.69) is 30.4 Å². The van der Waals surface area contributed by atoms with Crippen LogP contribution in [0.25, 0.3) is 0 Å². The van der Waals surface area contributed by atoms with E-state index in [1.165, 1.54) is 17.5 Å². The van der Waals surface area contributed by atoms with Crippen LogP contribution in [0.2, 0.25) is 0 Å². The van der Waals surface area contributed by atoms with Crippen LogP contribution in [0.1, 0.15) is 56.6 Å². The van der Waals surface area contributed by atoms with Crippen LogP contribution < -0.4 is 10.1 Å². The highest BCUT2D eigenvalue weighted by molar-refractivity contribution is 5.85. The average molecular weight is 340 g/mol. The van der Waals surface area contributed by atoms with Gasteiger partial charge in [0.25, 0.3) is 0 Å². The van der Waals surface area contributed by atoms with Crippen LogP contribution in [-0.2, 0) is 11.8 Å². The van der Waals surface area contributed by atoms with Gasteiger partial charge < -0.3 is 15.2 Å². The van der Waals surface area contributed by atoms with E-state index in [-0.39, 0.29) is 17.8 Å². The van der Waals surface area contributed by atoms with E-state index in [1.807, 2.05) is 0 Å². The van der Waals surface area contributed by atoms with E-state index >= 15 is 0 Å². The molecular formula is C19H30ClNO2. The van der Waals surface area contributed by atoms with Crippen LogP contribution in [0.5, 0.6) is 5.75 Å². The van der Waals surface area contributed by atoms with Crippen LogP contribution in [0.3, 0.4) is 0 Å². The van der Waals surface area contributed by atoms with Crippen molar-refractivity contribution in [3.63, 3.8) is 0 Å². The molecule has 1 aromatic rings. The molecule has 1 aromatic carbocycles. The quantitative estimate of drug-likeness (QED) is 0.805. The number of nitrogens with one attached hydrogen (secondary N) is 1. The zero-order valence-corrected chi connectivity index (χ0v) is 15.2. The largest absolute Gasteiger partial charge is 0.497 e. The monoisotopic (exact) mass is 339 g/mol. The van der Waals surface area contributed by atoms with E-state index in [1.54, 1.807) is 7.11 Å². The Kier molecular flexibility index (Phi) is 5.99. The van der Waals surface area contributed by atoms with Crippen LogP contribution in [0, 0.1) is 0 Å². The molecule has 1 saturated carbocycles. The van der Waals surface area contributed by atoms with Crippen LogP contribution in [0.4, 0.5) is 0 Å². The molecule has 0 radical (unpaired) electrons. The molecule has 3 rings (SSSR count). The second-order valence-corrected chi connectivity index (χ2v) is 6.95. The number of rotatable bonds is 5. The highest BCUT2D eigenvalue weighted by Gasteiger charge is 2.54. The van der Waals surface area contributed by atoms with Gasteiger partial charge in [-0.3, -0.25) is 0 Å². The first-order chi connectivity index (χ1) is 10.6. The fraction of sp³-hybridized carbons (Fsp3) is 0.684. The first-order valence-electron chi connectivity index (χ1n) is 8.76. The molecule has 2 N–H and O–H groups in total. The van der Waals surface area contributed by atoms with Crippen molar-refractivity contribution in [3.05, 3.63) is 29.3 Å². The van der Waals surface area contributed by atoms with Gasteiger partial charge >= 0.3 is 0 Å². The zero-order chi connectivity index (χ0) is 15.6. The minimum atomic E-state index is -0.542. The summed E-state index contributed by atoms with van der Waals surface area (Å²) in [7, 11) is 1.73. The van der Waals surface area contributed by atoms with Crippen molar-refractivity contribution in [1.82, 2.24) is 5.32 Å². The molecule has 0 heterocycles. The third-order valence-corrected chi connectivity index (χ3v) is 5.95. The van der Waals surface area contributed by atoms with E-state index in [4.69, 9.17) is 4.74 Å². The highest BCUT2D eigenvalue weighted by Crippen LogP contribution is 2.55.